The second-order valence-corrected chi connectivity index (χ2v) is 5.53. The second kappa shape index (κ2) is 4.92. The van der Waals surface area contributed by atoms with Crippen LogP contribution in [0.25, 0.3) is 11.1 Å². The van der Waals surface area contributed by atoms with Crippen molar-refractivity contribution in [2.24, 2.45) is 0 Å². The summed E-state index contributed by atoms with van der Waals surface area (Å²) in [6, 6.07) is 6.92. The molecule has 0 saturated heterocycles. The van der Waals surface area contributed by atoms with Crippen LogP contribution in [-0.2, 0) is 0 Å². The number of nitrogens with zero attached hydrogens (tertiary/aromatic N) is 2. The van der Waals surface area contributed by atoms with Crippen LogP contribution in [0.3, 0.4) is 0 Å². The van der Waals surface area contributed by atoms with Gasteiger partial charge in [0.1, 0.15) is 10.5 Å². The van der Waals surface area contributed by atoms with Crippen LogP contribution in [0.1, 0.15) is 0 Å². The molecule has 2 heterocycles. The zero-order valence-corrected chi connectivity index (χ0v) is 11.8. The molecule has 2 N–H and O–H groups in total. The normalized spacial score (nSPS) is 11.1. The molecule has 4 nitrogen and oxygen atoms in total. The first-order chi connectivity index (χ1) is 9.11. The van der Waals surface area contributed by atoms with Gasteiger partial charge in [-0.15, -0.1) is 0 Å². The Hall–Kier alpha value is -1.43. The topological polar surface area (TPSA) is 64.9 Å². The molecule has 0 aliphatic rings. The largest absolute Gasteiger partial charge is 0.431 e. The molecule has 3 aromatic rings. The minimum atomic E-state index is 0.456. The van der Waals surface area contributed by atoms with Crippen LogP contribution in [0.4, 0.5) is 5.69 Å². The van der Waals surface area contributed by atoms with Crippen LogP contribution >= 0.6 is 35.0 Å². The molecular weight excluding hydrogens is 305 g/mol. The molecule has 0 atom stereocenters. The summed E-state index contributed by atoms with van der Waals surface area (Å²) < 4.78 is 5.58. The van der Waals surface area contributed by atoms with Crippen molar-refractivity contribution in [3.05, 3.63) is 40.5 Å². The van der Waals surface area contributed by atoms with Crippen molar-refractivity contribution in [1.29, 1.82) is 0 Å². The molecule has 96 valence electrons. The summed E-state index contributed by atoms with van der Waals surface area (Å²) in [7, 11) is 0. The van der Waals surface area contributed by atoms with Crippen molar-refractivity contribution < 1.29 is 4.42 Å². The number of aromatic nitrogens is 2. The smallest absolute Gasteiger partial charge is 0.263 e. The monoisotopic (exact) mass is 311 g/mol. The van der Waals surface area contributed by atoms with Crippen LogP contribution < -0.4 is 5.73 Å². The predicted octanol–water partition coefficient (Wildman–Crippen LogP) is 4.26. The van der Waals surface area contributed by atoms with E-state index in [0.717, 1.165) is 5.52 Å². The van der Waals surface area contributed by atoms with Crippen LogP contribution in [0.2, 0.25) is 10.0 Å². The zero-order chi connectivity index (χ0) is 13.4. The Kier molecular flexibility index (Phi) is 3.26. The molecule has 19 heavy (non-hydrogen) atoms. The van der Waals surface area contributed by atoms with E-state index >= 15 is 0 Å². The molecule has 7 heteroatoms. The first-order valence-corrected chi connectivity index (χ1v) is 6.84. The maximum atomic E-state index is 6.05. The van der Waals surface area contributed by atoms with Crippen molar-refractivity contribution in [3.8, 4) is 0 Å². The van der Waals surface area contributed by atoms with Crippen LogP contribution in [0.5, 0.6) is 0 Å². The first kappa shape index (κ1) is 12.6. The van der Waals surface area contributed by atoms with Gasteiger partial charge in [-0.1, -0.05) is 23.2 Å². The number of hydrogen-bond donors (Lipinski definition) is 1. The second-order valence-electron chi connectivity index (χ2n) is 3.75. The molecule has 0 bridgehead atoms. The zero-order valence-electron chi connectivity index (χ0n) is 9.43. The molecule has 0 aliphatic heterocycles. The lowest BCUT2D eigenvalue weighted by Gasteiger charge is -1.99. The van der Waals surface area contributed by atoms with E-state index in [1.54, 1.807) is 24.3 Å². The van der Waals surface area contributed by atoms with Gasteiger partial charge in [0.25, 0.3) is 5.22 Å². The summed E-state index contributed by atoms with van der Waals surface area (Å²) in [4.78, 5) is 8.46. The van der Waals surface area contributed by atoms with Crippen molar-refractivity contribution in [2.45, 2.75) is 10.2 Å². The van der Waals surface area contributed by atoms with E-state index in [0.29, 0.717) is 31.6 Å². The maximum Gasteiger partial charge on any atom is 0.263 e. The number of halogens is 2. The Bertz CT molecular complexity index is 760. The number of anilines is 1. The van der Waals surface area contributed by atoms with E-state index in [9.17, 15) is 0 Å². The molecular formula is C12H7Cl2N3OS. The summed E-state index contributed by atoms with van der Waals surface area (Å²) in [6.45, 7) is 0. The van der Waals surface area contributed by atoms with Gasteiger partial charge < -0.3 is 10.2 Å². The minimum absolute atomic E-state index is 0.456. The van der Waals surface area contributed by atoms with Gasteiger partial charge in [0.15, 0.2) is 5.58 Å². The maximum absolute atomic E-state index is 6.05. The standard InChI is InChI=1S/C12H7Cl2N3OS/c13-6-3-8(14)11(16-5-6)19-12-17-9-2-1-7(15)4-10(9)18-12/h1-5H,15H2. The fourth-order valence-corrected chi connectivity index (χ4v) is 2.72. The number of fused-ring (bicyclic) bond motifs is 1. The Morgan fingerprint density at radius 2 is 2.05 bits per heavy atom. The number of hydrogen-bond acceptors (Lipinski definition) is 5. The van der Waals surface area contributed by atoms with Gasteiger partial charge >= 0.3 is 0 Å². The quantitative estimate of drug-likeness (QED) is 0.716. The molecule has 0 saturated carbocycles. The van der Waals surface area contributed by atoms with Crippen molar-refractivity contribution in [2.75, 3.05) is 5.73 Å². The molecule has 0 amide bonds. The lowest BCUT2D eigenvalue weighted by Crippen LogP contribution is -1.82. The van der Waals surface area contributed by atoms with E-state index in [4.69, 9.17) is 33.4 Å². The Balaban J connectivity index is 1.96. The van der Waals surface area contributed by atoms with Crippen molar-refractivity contribution in [3.63, 3.8) is 0 Å². The molecule has 0 aliphatic carbocycles. The first-order valence-electron chi connectivity index (χ1n) is 5.27. The van der Waals surface area contributed by atoms with Crippen LogP contribution in [0, 0.1) is 0 Å². The van der Waals surface area contributed by atoms with Crippen LogP contribution in [0.15, 0.2) is 45.1 Å². The molecule has 2 aromatic heterocycles. The SMILES string of the molecule is Nc1ccc2nc(Sc3ncc(Cl)cc3Cl)oc2c1. The van der Waals surface area contributed by atoms with E-state index in [-0.39, 0.29) is 0 Å². The van der Waals surface area contributed by atoms with Crippen molar-refractivity contribution >= 4 is 51.8 Å². The van der Waals surface area contributed by atoms with E-state index in [2.05, 4.69) is 9.97 Å². The summed E-state index contributed by atoms with van der Waals surface area (Å²) in [5.74, 6) is 0. The Labute approximate surface area is 122 Å². The number of nitrogens with two attached hydrogens (primary N) is 1. The number of nitrogen functional groups attached to an aromatic ring is 1. The summed E-state index contributed by atoms with van der Waals surface area (Å²) >= 11 is 13.1. The molecule has 0 unspecified atom stereocenters. The highest BCUT2D eigenvalue weighted by Gasteiger charge is 2.11. The van der Waals surface area contributed by atoms with Gasteiger partial charge in [-0.2, -0.15) is 0 Å². The molecule has 3 rings (SSSR count). The van der Waals surface area contributed by atoms with Gasteiger partial charge in [-0.05, 0) is 30.0 Å². The Morgan fingerprint density at radius 1 is 1.21 bits per heavy atom. The lowest BCUT2D eigenvalue weighted by molar-refractivity contribution is 0.489. The average molecular weight is 312 g/mol. The Morgan fingerprint density at radius 3 is 2.84 bits per heavy atom. The number of oxazole rings is 1. The fraction of sp³-hybridized carbons (Fsp3) is 0. The number of benzene rings is 1. The third-order valence-corrected chi connectivity index (χ3v) is 3.83. The highest BCUT2D eigenvalue weighted by Crippen LogP contribution is 2.34. The lowest BCUT2D eigenvalue weighted by atomic mass is 10.3. The van der Waals surface area contributed by atoms with E-state index in [1.807, 2.05) is 0 Å². The van der Waals surface area contributed by atoms with Crippen molar-refractivity contribution in [1.82, 2.24) is 9.97 Å². The average Bonchev–Trinajstić information content (AvgIpc) is 2.74. The number of pyridine rings is 1. The highest BCUT2D eigenvalue weighted by molar-refractivity contribution is 7.99. The summed E-state index contributed by atoms with van der Waals surface area (Å²) in [6.07, 6.45) is 1.52. The van der Waals surface area contributed by atoms with Gasteiger partial charge in [0, 0.05) is 18.0 Å². The van der Waals surface area contributed by atoms with Gasteiger partial charge in [0.2, 0.25) is 0 Å². The van der Waals surface area contributed by atoms with Gasteiger partial charge in [-0.25, -0.2) is 9.97 Å². The summed E-state index contributed by atoms with van der Waals surface area (Å²) in [5.41, 5.74) is 7.68. The van der Waals surface area contributed by atoms with E-state index < -0.39 is 0 Å². The molecule has 0 fully saturated rings. The fourth-order valence-electron chi connectivity index (χ4n) is 1.52. The minimum Gasteiger partial charge on any atom is -0.431 e. The van der Waals surface area contributed by atoms with Crippen LogP contribution in [-0.4, -0.2) is 9.97 Å². The highest BCUT2D eigenvalue weighted by atomic mass is 35.5. The number of rotatable bonds is 2. The predicted molar refractivity (Wildman–Crippen MR) is 76.8 cm³/mol. The van der Waals surface area contributed by atoms with Gasteiger partial charge in [0.05, 0.1) is 10.0 Å². The third kappa shape index (κ3) is 2.63. The third-order valence-electron chi connectivity index (χ3n) is 2.35. The molecule has 0 spiro atoms. The van der Waals surface area contributed by atoms with E-state index in [1.165, 1.54) is 18.0 Å². The summed E-state index contributed by atoms with van der Waals surface area (Å²) in [5, 5.41) is 1.99. The van der Waals surface area contributed by atoms with Gasteiger partial charge in [-0.3, -0.25) is 0 Å². The molecule has 0 radical (unpaired) electrons. The molecule has 1 aromatic carbocycles.